The van der Waals surface area contributed by atoms with E-state index in [2.05, 4.69) is 0 Å². The lowest BCUT2D eigenvalue weighted by molar-refractivity contribution is -0.122. The molecule has 8 nitrogen and oxygen atoms in total. The molecule has 0 saturated carbocycles. The van der Waals surface area contributed by atoms with Crippen molar-refractivity contribution in [2.75, 3.05) is 13.7 Å². The Balaban J connectivity index is 0.00000408. The summed E-state index contributed by atoms with van der Waals surface area (Å²) in [4.78, 5) is 24.7. The van der Waals surface area contributed by atoms with E-state index in [1.165, 1.54) is 12.1 Å². The average molecular weight is 471 g/mol. The highest BCUT2D eigenvalue weighted by Gasteiger charge is 2.20. The number of cyclic esters (lactones) is 1. The number of hydrogen-bond acceptors (Lipinski definition) is 7. The molecule has 2 aromatic carbocycles. The van der Waals surface area contributed by atoms with E-state index in [1.807, 2.05) is 24.3 Å². The predicted molar refractivity (Wildman–Crippen MR) is 127 cm³/mol. The van der Waals surface area contributed by atoms with Crippen LogP contribution >= 0.6 is 0 Å². The van der Waals surface area contributed by atoms with Crippen molar-refractivity contribution in [3.63, 3.8) is 0 Å². The Labute approximate surface area is 198 Å². The van der Waals surface area contributed by atoms with Crippen LogP contribution < -0.4 is 9.47 Å². The number of rotatable bonds is 4. The Morgan fingerprint density at radius 2 is 1.82 bits per heavy atom. The molecule has 0 aliphatic carbocycles. The van der Waals surface area contributed by atoms with Crippen LogP contribution in [0.3, 0.4) is 0 Å². The van der Waals surface area contributed by atoms with Gasteiger partial charge in [0, 0.05) is 12.0 Å². The van der Waals surface area contributed by atoms with Gasteiger partial charge in [0.2, 0.25) is 0 Å². The predicted octanol–water partition coefficient (Wildman–Crippen LogP) is 3.24. The van der Waals surface area contributed by atoms with Crippen molar-refractivity contribution in [2.24, 2.45) is 5.92 Å². The van der Waals surface area contributed by atoms with E-state index in [0.717, 1.165) is 11.3 Å². The third-order valence-corrected chi connectivity index (χ3v) is 5.19. The van der Waals surface area contributed by atoms with Gasteiger partial charge >= 0.3 is 5.97 Å². The Bertz CT molecular complexity index is 1040. The van der Waals surface area contributed by atoms with E-state index in [0.29, 0.717) is 17.7 Å². The van der Waals surface area contributed by atoms with Crippen LogP contribution in [0.5, 0.6) is 17.2 Å². The smallest absolute Gasteiger partial charge is 0.342 e. The second kappa shape index (κ2) is 12.6. The minimum absolute atomic E-state index is 0. The zero-order valence-electron chi connectivity index (χ0n) is 19.2. The first kappa shape index (κ1) is 26.6. The Hall–Kier alpha value is -3.62. The summed E-state index contributed by atoms with van der Waals surface area (Å²) in [5.74, 6) is -0.419. The van der Waals surface area contributed by atoms with Crippen LogP contribution in [0.4, 0.5) is 0 Å². The summed E-state index contributed by atoms with van der Waals surface area (Å²) in [5, 5.41) is 20.6. The van der Waals surface area contributed by atoms with E-state index in [-0.39, 0.29) is 48.1 Å². The molecule has 4 N–H and O–H groups in total. The molecule has 1 aliphatic heterocycles. The number of allylic oxidation sites excluding steroid dienone is 1. The number of aliphatic hydroxyl groups excluding tert-OH is 1. The van der Waals surface area contributed by atoms with Gasteiger partial charge in [-0.2, -0.15) is 0 Å². The minimum Gasteiger partial charge on any atom is -0.507 e. The molecule has 0 radical (unpaired) electrons. The molecule has 2 aromatic rings. The van der Waals surface area contributed by atoms with Gasteiger partial charge in [-0.3, -0.25) is 4.79 Å². The number of fused-ring (bicyclic) bond motifs is 1. The van der Waals surface area contributed by atoms with E-state index in [9.17, 15) is 19.8 Å². The fraction of sp³-hybridized carbons (Fsp3) is 0.308. The number of carbonyl (C=O) groups excluding carboxylic acids is 2. The molecule has 0 aromatic heterocycles. The zero-order chi connectivity index (χ0) is 23.8. The maximum Gasteiger partial charge on any atom is 0.342 e. The Kier molecular flexibility index (Phi) is 9.85. The van der Waals surface area contributed by atoms with Crippen LogP contribution in [0.1, 0.15) is 41.3 Å². The first-order valence-corrected chi connectivity index (χ1v) is 10.7. The number of methoxy groups -OCH3 is 1. The van der Waals surface area contributed by atoms with Crippen LogP contribution in [0, 0.1) is 5.92 Å². The molecule has 34 heavy (non-hydrogen) atoms. The van der Waals surface area contributed by atoms with Crippen LogP contribution in [0.15, 0.2) is 54.6 Å². The summed E-state index contributed by atoms with van der Waals surface area (Å²) >= 11 is 0. The number of ketones is 1. The van der Waals surface area contributed by atoms with Gasteiger partial charge in [-0.05, 0) is 48.2 Å². The third kappa shape index (κ3) is 7.19. The minimum atomic E-state index is -1.10. The monoisotopic (exact) mass is 470 g/mol. The quantitative estimate of drug-likeness (QED) is 0.655. The van der Waals surface area contributed by atoms with E-state index >= 15 is 0 Å². The first-order chi connectivity index (χ1) is 15.9. The standard InChI is InChI=1S/C26H28O7.H2O/c1-17-7-12-23(28)22(27)6-4-3-5-19-13-21(14-24(29)25(19)26(30)33-15-17)32-16-18-8-10-20(31-2)11-9-18;/h3,5,7-14,17,22,27,29H,4,6,15-16H2,1-2H3;1H2/b5-3+,12-7-;/t17-,22+;/m1./s1. The third-order valence-electron chi connectivity index (χ3n) is 5.19. The van der Waals surface area contributed by atoms with Gasteiger partial charge < -0.3 is 29.9 Å². The molecule has 0 amide bonds. The van der Waals surface area contributed by atoms with Gasteiger partial charge in [-0.1, -0.05) is 37.3 Å². The second-order valence-corrected chi connectivity index (χ2v) is 7.88. The van der Waals surface area contributed by atoms with Gasteiger partial charge in [-0.15, -0.1) is 0 Å². The number of phenols is 1. The molecule has 0 unspecified atom stereocenters. The number of ether oxygens (including phenoxy) is 3. The number of aliphatic hydroxyl groups is 1. The molecular weight excluding hydrogens is 440 g/mol. The van der Waals surface area contributed by atoms with Gasteiger partial charge in [0.05, 0.1) is 13.7 Å². The summed E-state index contributed by atoms with van der Waals surface area (Å²) in [7, 11) is 1.60. The Morgan fingerprint density at radius 3 is 2.53 bits per heavy atom. The highest BCUT2D eigenvalue weighted by molar-refractivity contribution is 5.97. The van der Waals surface area contributed by atoms with Crippen molar-refractivity contribution in [1.82, 2.24) is 0 Å². The number of benzene rings is 2. The van der Waals surface area contributed by atoms with Crippen molar-refractivity contribution in [3.05, 3.63) is 71.3 Å². The van der Waals surface area contributed by atoms with Crippen molar-refractivity contribution in [2.45, 2.75) is 32.5 Å². The van der Waals surface area contributed by atoms with Crippen molar-refractivity contribution >= 4 is 17.8 Å². The van der Waals surface area contributed by atoms with Crippen molar-refractivity contribution < 1.29 is 39.5 Å². The number of phenolic OH excluding ortho intramolecular Hbond substituents is 1. The fourth-order valence-corrected chi connectivity index (χ4v) is 3.26. The molecule has 0 bridgehead atoms. The van der Waals surface area contributed by atoms with E-state index in [4.69, 9.17) is 14.2 Å². The summed E-state index contributed by atoms with van der Waals surface area (Å²) < 4.78 is 16.3. The maximum atomic E-state index is 12.7. The van der Waals surface area contributed by atoms with Gasteiger partial charge in [0.15, 0.2) is 5.78 Å². The van der Waals surface area contributed by atoms with E-state index in [1.54, 1.807) is 38.3 Å². The second-order valence-electron chi connectivity index (χ2n) is 7.88. The van der Waals surface area contributed by atoms with E-state index < -0.39 is 12.1 Å². The van der Waals surface area contributed by atoms with Crippen LogP contribution in [0.25, 0.3) is 6.08 Å². The maximum absolute atomic E-state index is 12.7. The SMILES string of the molecule is COc1ccc(COc2cc(O)c3c(c2)/C=C/CC[C@H](O)C(=O)/C=C\[C@@H](C)COC3=O)cc1.O. The number of carbonyl (C=O) groups is 2. The van der Waals surface area contributed by atoms with Gasteiger partial charge in [-0.25, -0.2) is 4.79 Å². The molecule has 1 aliphatic rings. The Morgan fingerprint density at radius 1 is 1.09 bits per heavy atom. The lowest BCUT2D eigenvalue weighted by Crippen LogP contribution is -2.18. The van der Waals surface area contributed by atoms with Crippen LogP contribution in [0.2, 0.25) is 0 Å². The topological polar surface area (TPSA) is 134 Å². The highest BCUT2D eigenvalue weighted by atomic mass is 16.5. The van der Waals surface area contributed by atoms with Crippen molar-refractivity contribution in [1.29, 1.82) is 0 Å². The lowest BCUT2D eigenvalue weighted by Gasteiger charge is -2.14. The van der Waals surface area contributed by atoms with Gasteiger partial charge in [0.1, 0.15) is 35.5 Å². The van der Waals surface area contributed by atoms with Gasteiger partial charge in [0.25, 0.3) is 0 Å². The summed E-state index contributed by atoms with van der Waals surface area (Å²) in [6, 6.07) is 10.4. The highest BCUT2D eigenvalue weighted by Crippen LogP contribution is 2.31. The average Bonchev–Trinajstić information content (AvgIpc) is 2.81. The molecular formula is C26H30O8. The number of aromatic hydroxyl groups is 1. The van der Waals surface area contributed by atoms with Crippen LogP contribution in [-0.4, -0.2) is 47.3 Å². The molecule has 8 heteroatoms. The summed E-state index contributed by atoms with van der Waals surface area (Å²) in [6.07, 6.45) is 5.84. The lowest BCUT2D eigenvalue weighted by atomic mass is 10.0. The number of hydrogen-bond donors (Lipinski definition) is 2. The normalized spacial score (nSPS) is 20.7. The molecule has 182 valence electrons. The molecule has 1 heterocycles. The zero-order valence-corrected chi connectivity index (χ0v) is 19.2. The summed E-state index contributed by atoms with van der Waals surface area (Å²) in [6.45, 7) is 2.07. The van der Waals surface area contributed by atoms with Crippen molar-refractivity contribution in [3.8, 4) is 17.2 Å². The molecule has 2 atom stereocenters. The molecule has 0 spiro atoms. The fourth-order valence-electron chi connectivity index (χ4n) is 3.26. The first-order valence-electron chi connectivity index (χ1n) is 10.7. The largest absolute Gasteiger partial charge is 0.507 e. The van der Waals surface area contributed by atoms with Crippen LogP contribution in [-0.2, 0) is 16.1 Å². The molecule has 3 rings (SSSR count). The molecule has 0 fully saturated rings. The number of esters is 1. The summed E-state index contributed by atoms with van der Waals surface area (Å²) in [5.41, 5.74) is 1.37. The molecule has 0 saturated heterocycles.